The van der Waals surface area contributed by atoms with Gasteiger partial charge in [-0.1, -0.05) is 36.4 Å². The summed E-state index contributed by atoms with van der Waals surface area (Å²) in [4.78, 5) is 16.2. The Labute approximate surface area is 121 Å². The number of hydrogen-bond donors (Lipinski definition) is 0. The zero-order chi connectivity index (χ0) is 14.7. The van der Waals surface area contributed by atoms with Gasteiger partial charge >= 0.3 is 5.97 Å². The van der Waals surface area contributed by atoms with Crippen LogP contribution in [0.25, 0.3) is 10.9 Å². The fourth-order valence-corrected chi connectivity index (χ4v) is 2.03. The zero-order valence-corrected chi connectivity index (χ0v) is 11.1. The van der Waals surface area contributed by atoms with Crippen LogP contribution in [0.5, 0.6) is 0 Å². The van der Waals surface area contributed by atoms with Crippen molar-refractivity contribution < 1.29 is 13.9 Å². The van der Waals surface area contributed by atoms with Crippen molar-refractivity contribution >= 4 is 16.9 Å². The summed E-state index contributed by atoms with van der Waals surface area (Å²) in [6, 6.07) is 16.9. The molecular formula is C17H12FNO2. The Kier molecular flexibility index (Phi) is 3.60. The molecule has 0 bridgehead atoms. The van der Waals surface area contributed by atoms with Crippen molar-refractivity contribution in [3.8, 4) is 0 Å². The molecule has 0 aliphatic heterocycles. The summed E-state index contributed by atoms with van der Waals surface area (Å²) in [5.41, 5.74) is 1.58. The van der Waals surface area contributed by atoms with Crippen molar-refractivity contribution in [2.45, 2.75) is 6.61 Å². The largest absolute Gasteiger partial charge is 0.456 e. The van der Waals surface area contributed by atoms with Gasteiger partial charge < -0.3 is 4.74 Å². The number of pyridine rings is 1. The number of aromatic nitrogens is 1. The number of nitrogens with zero attached hydrogens (tertiary/aromatic N) is 1. The van der Waals surface area contributed by atoms with Gasteiger partial charge in [-0.15, -0.1) is 0 Å². The van der Waals surface area contributed by atoms with Gasteiger partial charge in [0.2, 0.25) is 0 Å². The third kappa shape index (κ3) is 3.05. The molecule has 1 aromatic heterocycles. The van der Waals surface area contributed by atoms with Gasteiger partial charge in [0.05, 0.1) is 5.52 Å². The monoisotopic (exact) mass is 281 g/mol. The maximum atomic E-state index is 13.0. The molecule has 21 heavy (non-hydrogen) atoms. The van der Waals surface area contributed by atoms with Crippen LogP contribution in [0.3, 0.4) is 0 Å². The molecule has 0 amide bonds. The van der Waals surface area contributed by atoms with Gasteiger partial charge in [0.15, 0.2) is 0 Å². The lowest BCUT2D eigenvalue weighted by Gasteiger charge is -2.05. The number of carbonyl (C=O) groups is 1. The van der Waals surface area contributed by atoms with Crippen LogP contribution in [0.4, 0.5) is 4.39 Å². The molecule has 0 aliphatic carbocycles. The summed E-state index contributed by atoms with van der Waals surface area (Å²) in [5.74, 6) is -0.877. The summed E-state index contributed by atoms with van der Waals surface area (Å²) >= 11 is 0. The van der Waals surface area contributed by atoms with Crippen LogP contribution in [0, 0.1) is 5.82 Å². The average Bonchev–Trinajstić information content (AvgIpc) is 2.52. The fourth-order valence-electron chi connectivity index (χ4n) is 2.03. The molecule has 0 fully saturated rings. The van der Waals surface area contributed by atoms with Gasteiger partial charge in [-0.3, -0.25) is 0 Å². The highest BCUT2D eigenvalue weighted by molar-refractivity contribution is 5.90. The Bertz CT molecular complexity index is 801. The number of rotatable bonds is 3. The normalized spacial score (nSPS) is 10.5. The van der Waals surface area contributed by atoms with Crippen molar-refractivity contribution in [2.75, 3.05) is 0 Å². The third-order valence-electron chi connectivity index (χ3n) is 3.07. The van der Waals surface area contributed by atoms with Crippen molar-refractivity contribution in [1.29, 1.82) is 0 Å². The molecule has 3 aromatic rings. The molecule has 4 heteroatoms. The Balaban J connectivity index is 1.74. The predicted octanol–water partition coefficient (Wildman–Crippen LogP) is 3.73. The summed E-state index contributed by atoms with van der Waals surface area (Å²) in [6.45, 7) is 0.0189. The first-order chi connectivity index (χ1) is 10.2. The van der Waals surface area contributed by atoms with E-state index in [4.69, 9.17) is 4.74 Å². The third-order valence-corrected chi connectivity index (χ3v) is 3.07. The average molecular weight is 281 g/mol. The van der Waals surface area contributed by atoms with Crippen molar-refractivity contribution in [1.82, 2.24) is 4.98 Å². The fraction of sp³-hybridized carbons (Fsp3) is 0.0588. The lowest BCUT2D eigenvalue weighted by Crippen LogP contribution is -2.07. The lowest BCUT2D eigenvalue weighted by molar-refractivity contribution is 0.0466. The maximum Gasteiger partial charge on any atom is 0.357 e. The van der Waals surface area contributed by atoms with Gasteiger partial charge in [-0.25, -0.2) is 14.2 Å². The predicted molar refractivity (Wildman–Crippen MR) is 77.3 cm³/mol. The van der Waals surface area contributed by atoms with Crippen LogP contribution in [0.1, 0.15) is 16.1 Å². The van der Waals surface area contributed by atoms with Gasteiger partial charge in [0.25, 0.3) is 0 Å². The van der Waals surface area contributed by atoms with Gasteiger partial charge in [0.1, 0.15) is 18.1 Å². The molecule has 0 spiro atoms. The second-order valence-electron chi connectivity index (χ2n) is 4.60. The number of carbonyl (C=O) groups excluding carboxylic acids is 1. The van der Waals surface area contributed by atoms with E-state index in [0.29, 0.717) is 5.56 Å². The van der Waals surface area contributed by atoms with Gasteiger partial charge in [-0.05, 0) is 29.8 Å². The quantitative estimate of drug-likeness (QED) is 0.687. The second kappa shape index (κ2) is 5.71. The number of esters is 1. The minimum absolute atomic E-state index is 0.0189. The van der Waals surface area contributed by atoms with E-state index in [1.54, 1.807) is 18.2 Å². The maximum absolute atomic E-state index is 13.0. The standard InChI is InChI=1S/C17H12FNO2/c18-14-6-3-4-12(10-14)11-21-17(20)16-9-8-13-5-1-2-7-15(13)19-16/h1-10H,11H2. The zero-order valence-electron chi connectivity index (χ0n) is 11.1. The number of hydrogen-bond acceptors (Lipinski definition) is 3. The van der Waals surface area contributed by atoms with E-state index in [-0.39, 0.29) is 18.1 Å². The van der Waals surface area contributed by atoms with E-state index in [9.17, 15) is 9.18 Å². The molecule has 0 N–H and O–H groups in total. The van der Waals surface area contributed by atoms with E-state index >= 15 is 0 Å². The minimum atomic E-state index is -0.523. The molecule has 0 radical (unpaired) electrons. The van der Waals surface area contributed by atoms with Crippen LogP contribution >= 0.6 is 0 Å². The molecule has 2 aromatic carbocycles. The number of fused-ring (bicyclic) bond motifs is 1. The summed E-state index contributed by atoms with van der Waals surface area (Å²) in [6.07, 6.45) is 0. The van der Waals surface area contributed by atoms with Crippen LogP contribution in [0.15, 0.2) is 60.7 Å². The Morgan fingerprint density at radius 1 is 1.05 bits per heavy atom. The first-order valence-electron chi connectivity index (χ1n) is 6.50. The lowest BCUT2D eigenvalue weighted by atomic mass is 10.2. The van der Waals surface area contributed by atoms with Crippen LogP contribution in [-0.2, 0) is 11.3 Å². The van der Waals surface area contributed by atoms with Crippen LogP contribution in [0.2, 0.25) is 0 Å². The van der Waals surface area contributed by atoms with Crippen molar-refractivity contribution in [3.05, 3.63) is 77.7 Å². The molecule has 0 aliphatic rings. The smallest absolute Gasteiger partial charge is 0.357 e. The van der Waals surface area contributed by atoms with E-state index in [0.717, 1.165) is 10.9 Å². The first kappa shape index (κ1) is 13.2. The molecule has 0 atom stereocenters. The van der Waals surface area contributed by atoms with Gasteiger partial charge in [-0.2, -0.15) is 0 Å². The minimum Gasteiger partial charge on any atom is -0.456 e. The van der Waals surface area contributed by atoms with Crippen molar-refractivity contribution in [2.24, 2.45) is 0 Å². The highest BCUT2D eigenvalue weighted by Crippen LogP contribution is 2.13. The summed E-state index contributed by atoms with van der Waals surface area (Å²) in [7, 11) is 0. The number of para-hydroxylation sites is 1. The molecule has 0 saturated carbocycles. The van der Waals surface area contributed by atoms with Crippen LogP contribution < -0.4 is 0 Å². The summed E-state index contributed by atoms with van der Waals surface area (Å²) < 4.78 is 18.2. The molecule has 0 unspecified atom stereocenters. The Hall–Kier alpha value is -2.75. The van der Waals surface area contributed by atoms with Crippen LogP contribution in [-0.4, -0.2) is 11.0 Å². The Morgan fingerprint density at radius 2 is 1.90 bits per heavy atom. The molecule has 3 rings (SSSR count). The first-order valence-corrected chi connectivity index (χ1v) is 6.50. The number of benzene rings is 2. The van der Waals surface area contributed by atoms with E-state index in [1.807, 2.05) is 30.3 Å². The van der Waals surface area contributed by atoms with E-state index < -0.39 is 5.97 Å². The highest BCUT2D eigenvalue weighted by atomic mass is 19.1. The molecule has 0 saturated heterocycles. The van der Waals surface area contributed by atoms with E-state index in [1.165, 1.54) is 12.1 Å². The molecule has 1 heterocycles. The Morgan fingerprint density at radius 3 is 2.76 bits per heavy atom. The van der Waals surface area contributed by atoms with E-state index in [2.05, 4.69) is 4.98 Å². The second-order valence-corrected chi connectivity index (χ2v) is 4.60. The number of halogens is 1. The SMILES string of the molecule is O=C(OCc1cccc(F)c1)c1ccc2ccccc2n1. The molecular weight excluding hydrogens is 269 g/mol. The molecule has 104 valence electrons. The summed E-state index contributed by atoms with van der Waals surface area (Å²) in [5, 5.41) is 0.958. The van der Waals surface area contributed by atoms with Gasteiger partial charge in [0, 0.05) is 5.39 Å². The molecule has 3 nitrogen and oxygen atoms in total. The van der Waals surface area contributed by atoms with Crippen molar-refractivity contribution in [3.63, 3.8) is 0 Å². The number of ether oxygens (including phenoxy) is 1. The highest BCUT2D eigenvalue weighted by Gasteiger charge is 2.10. The topological polar surface area (TPSA) is 39.2 Å².